The Kier molecular flexibility index (Phi) is 19.9. The molecule has 13 heteroatoms. The van der Waals surface area contributed by atoms with Crippen LogP contribution in [-0.4, -0.2) is 94.3 Å². The van der Waals surface area contributed by atoms with Crippen molar-refractivity contribution < 1.29 is 39.3 Å². The van der Waals surface area contributed by atoms with Crippen LogP contribution in [-0.2, 0) is 25.6 Å². The molecule has 0 bridgehead atoms. The Balaban J connectivity index is 3.02. The van der Waals surface area contributed by atoms with Gasteiger partial charge in [-0.3, -0.25) is 24.1 Å². The van der Waals surface area contributed by atoms with Crippen molar-refractivity contribution in [3.63, 3.8) is 0 Å². The van der Waals surface area contributed by atoms with Gasteiger partial charge in [0.05, 0.1) is 18.1 Å². The van der Waals surface area contributed by atoms with E-state index in [4.69, 9.17) is 0 Å². The first-order valence-electron chi connectivity index (χ1n) is 16.5. The number of carbonyl (C=O) groups is 5. The van der Waals surface area contributed by atoms with Crippen molar-refractivity contribution in [2.45, 2.75) is 116 Å². The first kappa shape index (κ1) is 40.3. The molecule has 3 unspecified atom stereocenters. The van der Waals surface area contributed by atoms with E-state index in [1.54, 1.807) is 26.0 Å². The second kappa shape index (κ2) is 22.7. The lowest BCUT2D eigenvalue weighted by Gasteiger charge is -2.29. The quantitative estimate of drug-likeness (QED) is 0.0691. The minimum Gasteiger partial charge on any atom is -0.508 e. The lowest BCUT2D eigenvalue weighted by molar-refractivity contribution is -0.137. The van der Waals surface area contributed by atoms with Gasteiger partial charge in [0.2, 0.25) is 18.2 Å². The average molecular weight is 650 g/mol. The van der Waals surface area contributed by atoms with Gasteiger partial charge in [-0.25, -0.2) is 4.79 Å². The van der Waals surface area contributed by atoms with Crippen LogP contribution in [0, 0.1) is 5.92 Å². The van der Waals surface area contributed by atoms with Crippen LogP contribution in [0.15, 0.2) is 24.3 Å². The number of nitrogens with one attached hydrogen (secondary N) is 4. The molecule has 1 aromatic rings. The SMILES string of the molecule is CCCCN(C(=O)NC[C@H](O)CCC)C(=O)C(CC)NC(=O)C(CCCCNC(=O)C(CC)NC=O)[C@H](O)Cc1ccc(O)cc1. The Morgan fingerprint density at radius 2 is 1.52 bits per heavy atom. The maximum absolute atomic E-state index is 13.6. The maximum atomic E-state index is 13.6. The summed E-state index contributed by atoms with van der Waals surface area (Å²) in [4.78, 5) is 64.3. The van der Waals surface area contributed by atoms with Gasteiger partial charge < -0.3 is 36.6 Å². The van der Waals surface area contributed by atoms with E-state index in [0.29, 0.717) is 50.6 Å². The fraction of sp³-hybridized carbons (Fsp3) is 0.667. The van der Waals surface area contributed by atoms with Crippen molar-refractivity contribution >= 4 is 30.2 Å². The Morgan fingerprint density at radius 1 is 0.848 bits per heavy atom. The van der Waals surface area contributed by atoms with Gasteiger partial charge in [-0.1, -0.05) is 59.1 Å². The van der Waals surface area contributed by atoms with Crippen LogP contribution < -0.4 is 21.3 Å². The van der Waals surface area contributed by atoms with Crippen molar-refractivity contribution in [3.05, 3.63) is 29.8 Å². The lowest BCUT2D eigenvalue weighted by Crippen LogP contribution is -2.55. The van der Waals surface area contributed by atoms with Crippen LogP contribution in [0.3, 0.4) is 0 Å². The number of aliphatic hydroxyl groups excluding tert-OH is 2. The van der Waals surface area contributed by atoms with Gasteiger partial charge in [-0.2, -0.15) is 0 Å². The molecule has 5 atom stereocenters. The summed E-state index contributed by atoms with van der Waals surface area (Å²) in [5.41, 5.74) is 0.708. The molecule has 0 fully saturated rings. The van der Waals surface area contributed by atoms with E-state index in [9.17, 15) is 39.3 Å². The summed E-state index contributed by atoms with van der Waals surface area (Å²) in [6, 6.07) is 4.00. The topological polar surface area (TPSA) is 197 Å². The highest BCUT2D eigenvalue weighted by Crippen LogP contribution is 2.20. The smallest absolute Gasteiger partial charge is 0.324 e. The zero-order chi connectivity index (χ0) is 34.5. The Hall–Kier alpha value is -3.71. The molecule has 1 rings (SSSR count). The minimum atomic E-state index is -1.12. The summed E-state index contributed by atoms with van der Waals surface area (Å²) in [6.07, 6.45) is 3.18. The molecule has 0 saturated carbocycles. The number of aromatic hydroxyl groups is 1. The van der Waals surface area contributed by atoms with Crippen LogP contribution in [0.25, 0.3) is 0 Å². The highest BCUT2D eigenvalue weighted by Gasteiger charge is 2.33. The Bertz CT molecular complexity index is 1070. The van der Waals surface area contributed by atoms with Crippen LogP contribution in [0.5, 0.6) is 5.75 Å². The monoisotopic (exact) mass is 649 g/mol. The van der Waals surface area contributed by atoms with Crippen molar-refractivity contribution in [2.24, 2.45) is 5.92 Å². The lowest BCUT2D eigenvalue weighted by atomic mass is 9.90. The number of phenolic OH excluding ortho intramolecular Hbond substituents is 1. The van der Waals surface area contributed by atoms with Gasteiger partial charge in [-0.05, 0) is 62.6 Å². The largest absolute Gasteiger partial charge is 0.508 e. The molecule has 0 saturated heterocycles. The molecule has 0 heterocycles. The summed E-state index contributed by atoms with van der Waals surface area (Å²) in [6.45, 7) is 7.81. The number of aliphatic hydroxyl groups is 2. The molecule has 46 heavy (non-hydrogen) atoms. The molecular weight excluding hydrogens is 594 g/mol. The van der Waals surface area contributed by atoms with Crippen LogP contribution >= 0.6 is 0 Å². The van der Waals surface area contributed by atoms with Gasteiger partial charge in [-0.15, -0.1) is 0 Å². The number of amides is 6. The molecule has 0 aliphatic carbocycles. The van der Waals surface area contributed by atoms with E-state index >= 15 is 0 Å². The van der Waals surface area contributed by atoms with Crippen molar-refractivity contribution in [1.82, 2.24) is 26.2 Å². The normalized spacial score (nSPS) is 14.2. The fourth-order valence-electron chi connectivity index (χ4n) is 4.97. The maximum Gasteiger partial charge on any atom is 0.324 e. The predicted octanol–water partition coefficient (Wildman–Crippen LogP) is 2.12. The van der Waals surface area contributed by atoms with E-state index in [-0.39, 0.29) is 44.0 Å². The molecule has 0 aromatic heterocycles. The van der Waals surface area contributed by atoms with Crippen LogP contribution in [0.4, 0.5) is 4.79 Å². The molecular formula is C33H55N5O8. The summed E-state index contributed by atoms with van der Waals surface area (Å²) in [5.74, 6) is -2.25. The van der Waals surface area contributed by atoms with Gasteiger partial charge in [0.1, 0.15) is 17.8 Å². The first-order valence-corrected chi connectivity index (χ1v) is 16.5. The third kappa shape index (κ3) is 14.6. The second-order valence-electron chi connectivity index (χ2n) is 11.5. The Morgan fingerprint density at radius 3 is 2.11 bits per heavy atom. The van der Waals surface area contributed by atoms with Crippen LogP contribution in [0.1, 0.15) is 91.0 Å². The molecule has 13 nitrogen and oxygen atoms in total. The highest BCUT2D eigenvalue weighted by atomic mass is 16.3. The van der Waals surface area contributed by atoms with E-state index in [2.05, 4.69) is 21.3 Å². The van der Waals surface area contributed by atoms with Gasteiger partial charge in [0, 0.05) is 19.6 Å². The highest BCUT2D eigenvalue weighted by molar-refractivity contribution is 5.99. The summed E-state index contributed by atoms with van der Waals surface area (Å²) in [5, 5.41) is 41.5. The van der Waals surface area contributed by atoms with Gasteiger partial charge in [0.25, 0.3) is 5.91 Å². The minimum absolute atomic E-state index is 0.00438. The average Bonchev–Trinajstić information content (AvgIpc) is 3.03. The van der Waals surface area contributed by atoms with E-state index < -0.39 is 48.1 Å². The third-order valence-electron chi connectivity index (χ3n) is 7.80. The number of nitrogens with zero attached hydrogens (tertiary/aromatic N) is 1. The number of phenols is 1. The molecule has 7 N–H and O–H groups in total. The Labute approximate surface area is 272 Å². The van der Waals surface area contributed by atoms with E-state index in [0.717, 1.165) is 17.7 Å². The number of hydrogen-bond acceptors (Lipinski definition) is 8. The molecule has 0 aliphatic rings. The van der Waals surface area contributed by atoms with E-state index in [1.165, 1.54) is 12.1 Å². The second-order valence-corrected chi connectivity index (χ2v) is 11.5. The molecule has 6 amide bonds. The first-order chi connectivity index (χ1) is 22.0. The summed E-state index contributed by atoms with van der Waals surface area (Å²) in [7, 11) is 0. The number of rotatable bonds is 23. The van der Waals surface area contributed by atoms with E-state index in [1.807, 2.05) is 13.8 Å². The van der Waals surface area contributed by atoms with Crippen molar-refractivity contribution in [2.75, 3.05) is 19.6 Å². The number of urea groups is 1. The third-order valence-corrected chi connectivity index (χ3v) is 7.80. The van der Waals surface area contributed by atoms with Gasteiger partial charge >= 0.3 is 6.03 Å². The zero-order valence-corrected chi connectivity index (χ0v) is 27.8. The number of unbranched alkanes of at least 4 members (excludes halogenated alkanes) is 2. The fourth-order valence-corrected chi connectivity index (χ4v) is 4.97. The molecule has 0 radical (unpaired) electrons. The molecule has 0 aliphatic heterocycles. The number of carbonyl (C=O) groups excluding carboxylic acids is 5. The summed E-state index contributed by atoms with van der Waals surface area (Å²) < 4.78 is 0. The zero-order valence-electron chi connectivity index (χ0n) is 27.8. The van der Waals surface area contributed by atoms with Crippen molar-refractivity contribution in [3.8, 4) is 5.75 Å². The standard InChI is InChI=1S/C33H55N5O8/c1-5-9-19-38(33(46)35-21-25(41)12-6-2)32(45)28(8-4)37-30(43)26(29(42)20-23-14-16-24(40)17-15-23)13-10-11-18-34-31(44)27(7-3)36-22-39/h14-17,22,25-29,40-42H,5-13,18-21H2,1-4H3,(H,34,44)(H,35,46)(H,36,39)(H,37,43)/t25-,26?,27?,28?,29-/m1/s1. The van der Waals surface area contributed by atoms with Crippen molar-refractivity contribution in [1.29, 1.82) is 0 Å². The number of imide groups is 1. The predicted molar refractivity (Wildman–Crippen MR) is 175 cm³/mol. The van der Waals surface area contributed by atoms with Gasteiger partial charge in [0.15, 0.2) is 0 Å². The number of hydrogen-bond donors (Lipinski definition) is 7. The summed E-state index contributed by atoms with van der Waals surface area (Å²) >= 11 is 0. The molecule has 0 spiro atoms. The molecule has 1 aromatic carbocycles. The van der Waals surface area contributed by atoms with Crippen LogP contribution in [0.2, 0.25) is 0 Å². The molecule has 260 valence electrons. The number of benzene rings is 1.